The van der Waals surface area contributed by atoms with Gasteiger partial charge in [-0.25, -0.2) is 19.3 Å². The molecule has 6 heterocycles. The third-order valence-corrected chi connectivity index (χ3v) is 9.54. The first-order chi connectivity index (χ1) is 20.2. The maximum absolute atomic E-state index is 13.6. The van der Waals surface area contributed by atoms with E-state index in [9.17, 15) is 14.7 Å². The quantitative estimate of drug-likeness (QED) is 0.387. The number of carbonyl (C=O) groups is 2. The number of amides is 1. The average molecular weight is 566 g/mol. The molecular weight excluding hydrogens is 530 g/mol. The molecule has 1 unspecified atom stereocenters. The predicted octanol–water partition coefficient (Wildman–Crippen LogP) is 4.04. The van der Waals surface area contributed by atoms with Crippen molar-refractivity contribution in [3.05, 3.63) is 83.4 Å². The van der Waals surface area contributed by atoms with Gasteiger partial charge in [0.05, 0.1) is 11.9 Å². The predicted molar refractivity (Wildman–Crippen MR) is 159 cm³/mol. The van der Waals surface area contributed by atoms with Gasteiger partial charge in [0.2, 0.25) is 5.82 Å². The van der Waals surface area contributed by atoms with Crippen LogP contribution in [0.3, 0.4) is 0 Å². The van der Waals surface area contributed by atoms with Crippen molar-refractivity contribution in [2.75, 3.05) is 49.1 Å². The highest BCUT2D eigenvalue weighted by Gasteiger charge is 2.46. The van der Waals surface area contributed by atoms with E-state index in [-0.39, 0.29) is 28.3 Å². The first kappa shape index (κ1) is 26.4. The number of carboxylic acid groups (broad SMARTS) is 1. The van der Waals surface area contributed by atoms with Crippen LogP contribution in [0.2, 0.25) is 0 Å². The molecule has 3 aliphatic heterocycles. The number of nitrogens with zero attached hydrogens (tertiary/aromatic N) is 7. The molecule has 0 aliphatic carbocycles. The van der Waals surface area contributed by atoms with Crippen LogP contribution in [-0.2, 0) is 5.41 Å². The number of carbonyl (C=O) groups excluding carboxylic acids is 1. The molecule has 3 fully saturated rings. The van der Waals surface area contributed by atoms with E-state index in [1.54, 1.807) is 10.6 Å². The maximum Gasteiger partial charge on any atom is 0.354 e. The Bertz CT molecular complexity index is 1690. The van der Waals surface area contributed by atoms with Gasteiger partial charge in [0.15, 0.2) is 11.3 Å². The minimum absolute atomic E-state index is 0.0417. The molecule has 0 saturated carbocycles. The van der Waals surface area contributed by atoms with Gasteiger partial charge < -0.3 is 19.8 Å². The SMILES string of the molecule is Cc1cc(N2CC[C@](C)(c3ccccc3)C2)cn2nc(C(=O)N3CCC4(CCN(c5cccc(C(=O)O)n5)C4)C3)nc12. The number of benzene rings is 1. The van der Waals surface area contributed by atoms with Crippen LogP contribution in [-0.4, -0.2) is 80.7 Å². The van der Waals surface area contributed by atoms with Crippen molar-refractivity contribution in [2.24, 2.45) is 5.41 Å². The zero-order valence-electron chi connectivity index (χ0n) is 24.0. The van der Waals surface area contributed by atoms with Gasteiger partial charge in [-0.05, 0) is 55.5 Å². The summed E-state index contributed by atoms with van der Waals surface area (Å²) < 4.78 is 1.76. The number of hydrogen-bond acceptors (Lipinski definition) is 7. The van der Waals surface area contributed by atoms with Gasteiger partial charge in [-0.15, -0.1) is 5.10 Å². The van der Waals surface area contributed by atoms with Crippen LogP contribution in [0.5, 0.6) is 0 Å². The Morgan fingerprint density at radius 1 is 0.881 bits per heavy atom. The monoisotopic (exact) mass is 565 g/mol. The molecule has 216 valence electrons. The summed E-state index contributed by atoms with van der Waals surface area (Å²) in [7, 11) is 0. The van der Waals surface area contributed by atoms with E-state index in [0.717, 1.165) is 56.7 Å². The van der Waals surface area contributed by atoms with Crippen molar-refractivity contribution in [3.63, 3.8) is 0 Å². The molecule has 0 bridgehead atoms. The summed E-state index contributed by atoms with van der Waals surface area (Å²) in [5, 5.41) is 14.0. The van der Waals surface area contributed by atoms with E-state index in [1.165, 1.54) is 11.6 Å². The summed E-state index contributed by atoms with van der Waals surface area (Å²) in [6.07, 6.45) is 4.89. The minimum Gasteiger partial charge on any atom is -0.477 e. The van der Waals surface area contributed by atoms with Crippen molar-refractivity contribution in [2.45, 2.75) is 38.5 Å². The van der Waals surface area contributed by atoms with Crippen LogP contribution in [0.15, 0.2) is 60.8 Å². The number of pyridine rings is 2. The van der Waals surface area contributed by atoms with Crippen molar-refractivity contribution < 1.29 is 14.7 Å². The Hall–Kier alpha value is -4.47. The molecule has 10 nitrogen and oxygen atoms in total. The lowest BCUT2D eigenvalue weighted by Crippen LogP contribution is -2.34. The number of anilines is 2. The van der Waals surface area contributed by atoms with Crippen molar-refractivity contribution in [1.29, 1.82) is 0 Å². The highest BCUT2D eigenvalue weighted by Crippen LogP contribution is 2.41. The molecule has 1 aromatic carbocycles. The van der Waals surface area contributed by atoms with Gasteiger partial charge in [0.25, 0.3) is 5.91 Å². The zero-order valence-corrected chi connectivity index (χ0v) is 24.0. The molecule has 0 radical (unpaired) electrons. The molecule has 42 heavy (non-hydrogen) atoms. The number of aryl methyl sites for hydroxylation is 1. The Morgan fingerprint density at radius 2 is 1.67 bits per heavy atom. The van der Waals surface area contributed by atoms with E-state index >= 15 is 0 Å². The second-order valence-corrected chi connectivity index (χ2v) is 12.5. The van der Waals surface area contributed by atoms with Gasteiger partial charge in [-0.1, -0.05) is 43.3 Å². The molecule has 3 aliphatic rings. The van der Waals surface area contributed by atoms with Gasteiger partial charge in [-0.2, -0.15) is 0 Å². The van der Waals surface area contributed by atoms with Crippen molar-refractivity contribution >= 4 is 29.0 Å². The normalized spacial score (nSPS) is 23.9. The van der Waals surface area contributed by atoms with Crippen molar-refractivity contribution in [3.8, 4) is 0 Å². The first-order valence-electron chi connectivity index (χ1n) is 14.6. The summed E-state index contributed by atoms with van der Waals surface area (Å²) in [5.74, 6) is -0.268. The number of hydrogen-bond donors (Lipinski definition) is 1. The number of carboxylic acids is 1. The number of aromatic nitrogens is 4. The Labute approximate surface area is 244 Å². The Kier molecular flexibility index (Phi) is 6.18. The molecule has 1 amide bonds. The molecule has 7 rings (SSSR count). The fourth-order valence-electron chi connectivity index (χ4n) is 7.08. The molecular formula is C32H35N7O3. The molecule has 3 aromatic heterocycles. The highest BCUT2D eigenvalue weighted by atomic mass is 16.4. The van der Waals surface area contributed by atoms with Gasteiger partial charge in [0, 0.05) is 50.1 Å². The maximum atomic E-state index is 13.6. The summed E-state index contributed by atoms with van der Waals surface area (Å²) in [6.45, 7) is 9.05. The van der Waals surface area contributed by atoms with Crippen LogP contribution < -0.4 is 9.80 Å². The lowest BCUT2D eigenvalue weighted by molar-refractivity contribution is 0.0689. The zero-order chi connectivity index (χ0) is 29.1. The standard InChI is InChI=1S/C32H35N7O3/c1-22-17-24(36-14-11-31(2,19-36)23-7-4-3-5-8-23)18-39-28(22)34-27(35-39)29(40)38-16-13-32(21-38)12-15-37(20-32)26-10-6-9-25(33-26)30(41)42/h3-10,17-18H,11-16,19-21H2,1-2H3,(H,41,42)/t31-,32?/m0/s1. The summed E-state index contributed by atoms with van der Waals surface area (Å²) in [4.78, 5) is 40.4. The van der Waals surface area contributed by atoms with Gasteiger partial charge >= 0.3 is 5.97 Å². The summed E-state index contributed by atoms with van der Waals surface area (Å²) >= 11 is 0. The smallest absolute Gasteiger partial charge is 0.354 e. The first-order valence-corrected chi connectivity index (χ1v) is 14.6. The number of likely N-dealkylation sites (tertiary alicyclic amines) is 1. The molecule has 3 saturated heterocycles. The van der Waals surface area contributed by atoms with Crippen molar-refractivity contribution in [1.82, 2.24) is 24.5 Å². The number of fused-ring (bicyclic) bond motifs is 1. The average Bonchev–Trinajstić information content (AvgIpc) is 3.80. The van der Waals surface area contributed by atoms with E-state index in [0.29, 0.717) is 24.6 Å². The van der Waals surface area contributed by atoms with E-state index in [1.807, 2.05) is 24.1 Å². The minimum atomic E-state index is -1.03. The van der Waals surface area contributed by atoms with Gasteiger partial charge in [-0.3, -0.25) is 4.79 Å². The summed E-state index contributed by atoms with van der Waals surface area (Å²) in [5.41, 5.74) is 4.24. The molecule has 1 spiro atoms. The Morgan fingerprint density at radius 3 is 2.48 bits per heavy atom. The Balaban J connectivity index is 1.06. The lowest BCUT2D eigenvalue weighted by atomic mass is 9.82. The van der Waals surface area contributed by atoms with E-state index in [2.05, 4.69) is 68.2 Å². The molecule has 4 aromatic rings. The molecule has 10 heteroatoms. The second kappa shape index (κ2) is 9.82. The number of rotatable bonds is 5. The topological polar surface area (TPSA) is 107 Å². The highest BCUT2D eigenvalue weighted by molar-refractivity contribution is 5.91. The van der Waals surface area contributed by atoms with E-state index in [4.69, 9.17) is 0 Å². The van der Waals surface area contributed by atoms with Crippen LogP contribution in [0.4, 0.5) is 11.5 Å². The van der Waals surface area contributed by atoms with Crippen LogP contribution in [0.25, 0.3) is 5.65 Å². The van der Waals surface area contributed by atoms with Gasteiger partial charge in [0.1, 0.15) is 5.82 Å². The largest absolute Gasteiger partial charge is 0.477 e. The van der Waals surface area contributed by atoms with Crippen LogP contribution >= 0.6 is 0 Å². The molecule has 1 N–H and O–H groups in total. The molecule has 2 atom stereocenters. The third-order valence-electron chi connectivity index (χ3n) is 9.54. The fraction of sp³-hybridized carbons (Fsp3) is 0.406. The van der Waals surface area contributed by atoms with Crippen LogP contribution in [0, 0.1) is 12.3 Å². The number of aromatic carboxylic acids is 1. The van der Waals surface area contributed by atoms with E-state index < -0.39 is 5.97 Å². The lowest BCUT2D eigenvalue weighted by Gasteiger charge is -2.26. The summed E-state index contributed by atoms with van der Waals surface area (Å²) in [6, 6.07) is 17.9. The second-order valence-electron chi connectivity index (χ2n) is 12.5. The van der Waals surface area contributed by atoms with Crippen LogP contribution in [0.1, 0.15) is 58.4 Å². The third kappa shape index (κ3) is 4.55. The fourth-order valence-corrected chi connectivity index (χ4v) is 7.08.